The molecule has 1 saturated carbocycles. The van der Waals surface area contributed by atoms with Crippen molar-refractivity contribution in [1.29, 1.82) is 0 Å². The smallest absolute Gasteiger partial charge is 0.327 e. The lowest BCUT2D eigenvalue weighted by Gasteiger charge is -2.07. The normalized spacial score (nSPS) is 12.8. The van der Waals surface area contributed by atoms with Crippen LogP contribution in [0.2, 0.25) is 0 Å². The highest BCUT2D eigenvalue weighted by atomic mass is 16.2. The number of hydrogen-bond donors (Lipinski definition) is 3. The first-order chi connectivity index (χ1) is 15.4. The number of amides is 3. The number of carbonyl (C=O) groups excluding carboxylic acids is 3. The molecule has 8 heteroatoms. The molecule has 1 aliphatic rings. The molecule has 1 heterocycles. The van der Waals surface area contributed by atoms with E-state index in [1.54, 1.807) is 10.9 Å². The lowest BCUT2D eigenvalue weighted by molar-refractivity contribution is -0.139. The van der Waals surface area contributed by atoms with Crippen molar-refractivity contribution in [2.24, 2.45) is 0 Å². The lowest BCUT2D eigenvalue weighted by atomic mass is 10.1. The van der Waals surface area contributed by atoms with Crippen molar-refractivity contribution in [3.8, 4) is 11.3 Å². The highest BCUT2D eigenvalue weighted by Gasteiger charge is 2.27. The van der Waals surface area contributed by atoms with Gasteiger partial charge in [-0.25, -0.2) is 0 Å². The first-order valence-electron chi connectivity index (χ1n) is 10.5. The zero-order valence-electron chi connectivity index (χ0n) is 18.0. The van der Waals surface area contributed by atoms with Gasteiger partial charge in [-0.1, -0.05) is 59.7 Å². The number of hydrogen-bond acceptors (Lipinski definition) is 4. The summed E-state index contributed by atoms with van der Waals surface area (Å²) >= 11 is 0. The summed E-state index contributed by atoms with van der Waals surface area (Å²) in [4.78, 5) is 36.6. The predicted molar refractivity (Wildman–Crippen MR) is 119 cm³/mol. The van der Waals surface area contributed by atoms with Crippen molar-refractivity contribution in [2.45, 2.75) is 39.3 Å². The second kappa shape index (κ2) is 9.05. The van der Waals surface area contributed by atoms with E-state index in [2.05, 4.69) is 21.3 Å². The van der Waals surface area contributed by atoms with Crippen LogP contribution in [0.5, 0.6) is 0 Å². The van der Waals surface area contributed by atoms with Crippen molar-refractivity contribution in [2.75, 3.05) is 0 Å². The predicted octanol–water partition coefficient (Wildman–Crippen LogP) is 2.25. The molecule has 0 aliphatic heterocycles. The first kappa shape index (κ1) is 21.3. The fourth-order valence-corrected chi connectivity index (χ4v) is 3.19. The Labute approximate surface area is 186 Å². The standard InChI is InChI=1S/C24H25N5O3/c1-15-3-7-17(8-4-15)13-29-14-20(21(28-29)18-9-5-16(2)6-10-18)22(30)26-27-24(32)23(31)25-19-11-12-19/h3-10,14,19H,11-13H2,1-2H3,(H,25,31)(H,26,30)(H,27,32). The van der Waals surface area contributed by atoms with Crippen LogP contribution in [-0.2, 0) is 16.1 Å². The van der Waals surface area contributed by atoms with Crippen molar-refractivity contribution >= 4 is 17.7 Å². The third kappa shape index (κ3) is 5.21. The average molecular weight is 431 g/mol. The van der Waals surface area contributed by atoms with E-state index in [9.17, 15) is 14.4 Å². The van der Waals surface area contributed by atoms with E-state index in [1.165, 1.54) is 0 Å². The Bertz CT molecular complexity index is 1150. The molecular weight excluding hydrogens is 406 g/mol. The van der Waals surface area contributed by atoms with Gasteiger partial charge in [0.05, 0.1) is 12.1 Å². The van der Waals surface area contributed by atoms with E-state index >= 15 is 0 Å². The number of nitrogens with zero attached hydrogens (tertiary/aromatic N) is 2. The van der Waals surface area contributed by atoms with Gasteiger partial charge in [0.25, 0.3) is 5.91 Å². The molecule has 0 spiro atoms. The fraction of sp³-hybridized carbons (Fsp3) is 0.250. The number of aromatic nitrogens is 2. The summed E-state index contributed by atoms with van der Waals surface area (Å²) in [5.41, 5.74) is 9.37. The van der Waals surface area contributed by atoms with Crippen molar-refractivity contribution in [3.05, 3.63) is 77.0 Å². The van der Waals surface area contributed by atoms with Gasteiger partial charge in [0.2, 0.25) is 0 Å². The summed E-state index contributed by atoms with van der Waals surface area (Å²) in [6.45, 7) is 4.49. The van der Waals surface area contributed by atoms with Crippen LogP contribution in [0, 0.1) is 13.8 Å². The molecule has 8 nitrogen and oxygen atoms in total. The fourth-order valence-electron chi connectivity index (χ4n) is 3.19. The summed E-state index contributed by atoms with van der Waals surface area (Å²) in [7, 11) is 0. The van der Waals surface area contributed by atoms with E-state index in [0.717, 1.165) is 35.1 Å². The van der Waals surface area contributed by atoms with Gasteiger partial charge < -0.3 is 5.32 Å². The van der Waals surface area contributed by atoms with Crippen LogP contribution in [0.25, 0.3) is 11.3 Å². The quantitative estimate of drug-likeness (QED) is 0.426. The molecule has 3 amide bonds. The lowest BCUT2D eigenvalue weighted by Crippen LogP contribution is -2.49. The molecule has 1 aromatic heterocycles. The van der Waals surface area contributed by atoms with Crippen LogP contribution in [0.4, 0.5) is 0 Å². The van der Waals surface area contributed by atoms with Crippen molar-refractivity contribution in [3.63, 3.8) is 0 Å². The Kier molecular flexibility index (Phi) is 6.02. The maximum Gasteiger partial charge on any atom is 0.327 e. The van der Waals surface area contributed by atoms with Crippen molar-refractivity contribution in [1.82, 2.24) is 25.9 Å². The topological polar surface area (TPSA) is 105 Å². The summed E-state index contributed by atoms with van der Waals surface area (Å²) in [5, 5.41) is 7.20. The van der Waals surface area contributed by atoms with E-state index in [4.69, 9.17) is 0 Å². The second-order valence-electron chi connectivity index (χ2n) is 8.10. The van der Waals surface area contributed by atoms with Crippen molar-refractivity contribution < 1.29 is 14.4 Å². The summed E-state index contributed by atoms with van der Waals surface area (Å²) in [5.74, 6) is -2.22. The van der Waals surface area contributed by atoms with Gasteiger partial charge in [0.1, 0.15) is 5.69 Å². The molecule has 32 heavy (non-hydrogen) atoms. The number of hydrazine groups is 1. The molecule has 1 aliphatic carbocycles. The van der Waals surface area contributed by atoms with E-state index in [1.807, 2.05) is 62.4 Å². The number of aryl methyl sites for hydroxylation is 2. The van der Waals surface area contributed by atoms with Gasteiger partial charge in [0, 0.05) is 17.8 Å². The van der Waals surface area contributed by atoms with Gasteiger partial charge in [-0.05, 0) is 32.3 Å². The van der Waals surface area contributed by atoms with E-state index in [-0.39, 0.29) is 6.04 Å². The largest absolute Gasteiger partial charge is 0.345 e. The summed E-state index contributed by atoms with van der Waals surface area (Å²) < 4.78 is 1.69. The van der Waals surface area contributed by atoms with E-state index in [0.29, 0.717) is 17.8 Å². The molecule has 4 rings (SSSR count). The number of nitrogens with one attached hydrogen (secondary N) is 3. The van der Waals surface area contributed by atoms with E-state index < -0.39 is 17.7 Å². The Morgan fingerprint density at radius 2 is 1.53 bits per heavy atom. The molecule has 2 aromatic carbocycles. The molecular formula is C24H25N5O3. The van der Waals surface area contributed by atoms with Crippen LogP contribution in [0.3, 0.4) is 0 Å². The van der Waals surface area contributed by atoms with Crippen LogP contribution in [0.1, 0.15) is 39.9 Å². The van der Waals surface area contributed by atoms with Gasteiger partial charge in [-0.15, -0.1) is 0 Å². The molecule has 0 saturated heterocycles. The SMILES string of the molecule is Cc1ccc(Cn2cc(C(=O)NNC(=O)C(=O)NC3CC3)c(-c3ccc(C)cc3)n2)cc1. The van der Waals surface area contributed by atoms with Crippen LogP contribution < -0.4 is 16.2 Å². The minimum Gasteiger partial charge on any atom is -0.345 e. The maximum absolute atomic E-state index is 12.9. The molecule has 3 N–H and O–H groups in total. The number of carbonyl (C=O) groups is 3. The molecule has 0 bridgehead atoms. The Balaban J connectivity index is 1.53. The third-order valence-electron chi connectivity index (χ3n) is 5.20. The summed E-state index contributed by atoms with van der Waals surface area (Å²) in [6.07, 6.45) is 3.37. The third-order valence-corrected chi connectivity index (χ3v) is 5.20. The Morgan fingerprint density at radius 3 is 2.16 bits per heavy atom. The summed E-state index contributed by atoms with van der Waals surface area (Å²) in [6, 6.07) is 15.8. The molecule has 0 unspecified atom stereocenters. The Morgan fingerprint density at radius 1 is 0.906 bits per heavy atom. The number of benzene rings is 2. The van der Waals surface area contributed by atoms with Gasteiger partial charge >= 0.3 is 11.8 Å². The Hall–Kier alpha value is -3.94. The molecule has 1 fully saturated rings. The highest BCUT2D eigenvalue weighted by Crippen LogP contribution is 2.23. The van der Waals surface area contributed by atoms with Crippen LogP contribution in [-0.4, -0.2) is 33.5 Å². The number of rotatable bonds is 5. The van der Waals surface area contributed by atoms with Gasteiger partial charge in [-0.3, -0.25) is 29.9 Å². The molecule has 0 atom stereocenters. The molecule has 3 aromatic rings. The maximum atomic E-state index is 12.9. The average Bonchev–Trinajstić information content (AvgIpc) is 3.50. The highest BCUT2D eigenvalue weighted by molar-refractivity contribution is 6.35. The van der Waals surface area contributed by atoms with Gasteiger partial charge in [-0.2, -0.15) is 5.10 Å². The minimum absolute atomic E-state index is 0.0529. The zero-order valence-corrected chi connectivity index (χ0v) is 18.0. The minimum atomic E-state index is -0.908. The monoisotopic (exact) mass is 431 g/mol. The van der Waals surface area contributed by atoms with Crippen LogP contribution >= 0.6 is 0 Å². The van der Waals surface area contributed by atoms with Gasteiger partial charge in [0.15, 0.2) is 0 Å². The second-order valence-corrected chi connectivity index (χ2v) is 8.10. The molecule has 164 valence electrons. The van der Waals surface area contributed by atoms with Crippen LogP contribution in [0.15, 0.2) is 54.7 Å². The first-order valence-corrected chi connectivity index (χ1v) is 10.5. The molecule has 0 radical (unpaired) electrons. The zero-order chi connectivity index (χ0) is 22.7.